The first-order valence-corrected chi connectivity index (χ1v) is 27.6. The third kappa shape index (κ3) is 50.4. The van der Waals surface area contributed by atoms with Crippen molar-refractivity contribution in [1.82, 2.24) is 0 Å². The van der Waals surface area contributed by atoms with Crippen molar-refractivity contribution in [2.45, 2.75) is 290 Å². The van der Waals surface area contributed by atoms with E-state index in [4.69, 9.17) is 14.2 Å². The van der Waals surface area contributed by atoms with Crippen LogP contribution in [0.5, 0.6) is 0 Å². The average molecular weight is 897 g/mol. The predicted molar refractivity (Wildman–Crippen MR) is 275 cm³/mol. The van der Waals surface area contributed by atoms with Crippen molar-refractivity contribution < 1.29 is 28.6 Å². The molecular weight excluding hydrogens is 793 g/mol. The first-order chi connectivity index (χ1) is 31.5. The van der Waals surface area contributed by atoms with Crippen LogP contribution in [0.2, 0.25) is 0 Å². The predicted octanol–water partition coefficient (Wildman–Crippen LogP) is 18.3. The van der Waals surface area contributed by atoms with E-state index in [2.05, 4.69) is 69.4 Å². The van der Waals surface area contributed by atoms with Gasteiger partial charge < -0.3 is 14.2 Å². The van der Waals surface area contributed by atoms with Gasteiger partial charge in [0.1, 0.15) is 13.2 Å². The highest BCUT2D eigenvalue weighted by Crippen LogP contribution is 2.16. The lowest BCUT2D eigenvalue weighted by Crippen LogP contribution is -2.30. The van der Waals surface area contributed by atoms with Crippen molar-refractivity contribution in [2.75, 3.05) is 13.2 Å². The summed E-state index contributed by atoms with van der Waals surface area (Å²) in [6.07, 6.45) is 63.9. The summed E-state index contributed by atoms with van der Waals surface area (Å²) in [5, 5.41) is 0. The standard InChI is InChI=1S/C58H104O6/c1-4-7-10-13-16-19-22-24-26-28-30-31-33-36-39-42-45-48-51-57(60)63-54-55(53-62-56(59)50-47-44-41-38-35-21-18-15-12-9-6-3)64-58(61)52-49-46-43-40-37-34-32-29-27-25-23-20-17-14-11-8-5-2/h15,18,25,27,32,34,40,43,55H,4-14,16-17,19-24,26,28-31,33,35-39,41-42,44-54H2,1-3H3/b18-15-,27-25-,34-32-,43-40-. The van der Waals surface area contributed by atoms with E-state index in [1.54, 1.807) is 0 Å². The minimum Gasteiger partial charge on any atom is -0.462 e. The maximum absolute atomic E-state index is 12.8. The highest BCUT2D eigenvalue weighted by atomic mass is 16.6. The molecule has 0 aromatic carbocycles. The number of esters is 3. The van der Waals surface area contributed by atoms with Crippen LogP contribution in [0.3, 0.4) is 0 Å². The SMILES string of the molecule is CCCC/C=C\CCCCCCCC(=O)OCC(COC(=O)CCCCCCCCCCCCCCCCCCCC)OC(=O)CCC/C=C\C/C=C\C/C=C\CCCCCCCC. The molecule has 0 bridgehead atoms. The topological polar surface area (TPSA) is 78.9 Å². The van der Waals surface area contributed by atoms with Gasteiger partial charge in [0.25, 0.3) is 0 Å². The molecule has 1 atom stereocenters. The number of hydrogen-bond acceptors (Lipinski definition) is 6. The van der Waals surface area contributed by atoms with Crippen LogP contribution in [0.1, 0.15) is 284 Å². The Hall–Kier alpha value is -2.63. The summed E-state index contributed by atoms with van der Waals surface area (Å²) < 4.78 is 16.8. The van der Waals surface area contributed by atoms with Gasteiger partial charge in [-0.15, -0.1) is 0 Å². The minimum atomic E-state index is -0.799. The number of rotatable bonds is 50. The normalized spacial score (nSPS) is 12.4. The molecule has 0 N–H and O–H groups in total. The van der Waals surface area contributed by atoms with Gasteiger partial charge >= 0.3 is 17.9 Å². The average Bonchev–Trinajstić information content (AvgIpc) is 3.29. The molecule has 0 saturated carbocycles. The van der Waals surface area contributed by atoms with Crippen molar-refractivity contribution in [1.29, 1.82) is 0 Å². The fourth-order valence-corrected chi connectivity index (χ4v) is 7.85. The number of allylic oxidation sites excluding steroid dienone is 8. The van der Waals surface area contributed by atoms with E-state index in [-0.39, 0.29) is 37.5 Å². The Labute approximate surface area is 397 Å². The zero-order valence-electron chi connectivity index (χ0n) is 42.6. The third-order valence-electron chi connectivity index (χ3n) is 12.1. The fraction of sp³-hybridized carbons (Fsp3) is 0.810. The molecule has 0 aliphatic carbocycles. The first kappa shape index (κ1) is 61.4. The van der Waals surface area contributed by atoms with Crippen LogP contribution >= 0.6 is 0 Å². The second-order valence-electron chi connectivity index (χ2n) is 18.5. The lowest BCUT2D eigenvalue weighted by molar-refractivity contribution is -0.167. The van der Waals surface area contributed by atoms with E-state index in [1.165, 1.54) is 173 Å². The summed E-state index contributed by atoms with van der Waals surface area (Å²) in [5.74, 6) is -0.945. The Morgan fingerprint density at radius 3 is 0.984 bits per heavy atom. The molecule has 0 aromatic rings. The molecule has 0 radical (unpaired) electrons. The van der Waals surface area contributed by atoms with Gasteiger partial charge in [0.2, 0.25) is 0 Å². The molecule has 0 spiro atoms. The summed E-state index contributed by atoms with van der Waals surface area (Å²) >= 11 is 0. The van der Waals surface area contributed by atoms with Crippen LogP contribution in [-0.2, 0) is 28.6 Å². The van der Waals surface area contributed by atoms with Crippen LogP contribution in [0.15, 0.2) is 48.6 Å². The largest absolute Gasteiger partial charge is 0.462 e. The summed E-state index contributed by atoms with van der Waals surface area (Å²) in [6.45, 7) is 6.57. The van der Waals surface area contributed by atoms with E-state index in [0.29, 0.717) is 19.3 Å². The van der Waals surface area contributed by atoms with E-state index >= 15 is 0 Å². The number of carbonyl (C=O) groups excluding carboxylic acids is 3. The Bertz CT molecular complexity index is 1120. The zero-order chi connectivity index (χ0) is 46.5. The molecule has 6 nitrogen and oxygen atoms in total. The summed E-state index contributed by atoms with van der Waals surface area (Å²) in [5.41, 5.74) is 0. The monoisotopic (exact) mass is 897 g/mol. The van der Waals surface area contributed by atoms with Gasteiger partial charge in [-0.2, -0.15) is 0 Å². The Kier molecular flexibility index (Phi) is 50.8. The van der Waals surface area contributed by atoms with E-state index in [0.717, 1.165) is 64.2 Å². The molecule has 0 aliphatic heterocycles. The molecule has 0 saturated heterocycles. The zero-order valence-corrected chi connectivity index (χ0v) is 42.6. The maximum atomic E-state index is 12.8. The second-order valence-corrected chi connectivity index (χ2v) is 18.5. The smallest absolute Gasteiger partial charge is 0.306 e. The Morgan fingerprint density at radius 2 is 0.594 bits per heavy atom. The van der Waals surface area contributed by atoms with Crippen molar-refractivity contribution in [2.24, 2.45) is 0 Å². The van der Waals surface area contributed by atoms with Gasteiger partial charge in [0.15, 0.2) is 6.10 Å². The molecular formula is C58H104O6. The molecule has 0 rings (SSSR count). The number of hydrogen-bond donors (Lipinski definition) is 0. The van der Waals surface area contributed by atoms with E-state index in [1.807, 2.05) is 0 Å². The quantitative estimate of drug-likeness (QED) is 0.0262. The minimum absolute atomic E-state index is 0.0930. The lowest BCUT2D eigenvalue weighted by atomic mass is 10.0. The van der Waals surface area contributed by atoms with Crippen molar-refractivity contribution in [3.63, 3.8) is 0 Å². The van der Waals surface area contributed by atoms with Gasteiger partial charge in [-0.3, -0.25) is 14.4 Å². The van der Waals surface area contributed by atoms with Crippen molar-refractivity contribution in [3.05, 3.63) is 48.6 Å². The van der Waals surface area contributed by atoms with Crippen LogP contribution in [-0.4, -0.2) is 37.2 Å². The van der Waals surface area contributed by atoms with Gasteiger partial charge in [-0.1, -0.05) is 243 Å². The van der Waals surface area contributed by atoms with Crippen LogP contribution < -0.4 is 0 Å². The molecule has 6 heteroatoms. The molecule has 64 heavy (non-hydrogen) atoms. The molecule has 1 unspecified atom stereocenters. The number of ether oxygens (including phenoxy) is 3. The van der Waals surface area contributed by atoms with E-state index in [9.17, 15) is 14.4 Å². The highest BCUT2D eigenvalue weighted by Gasteiger charge is 2.19. The maximum Gasteiger partial charge on any atom is 0.306 e. The van der Waals surface area contributed by atoms with Gasteiger partial charge in [-0.05, 0) is 70.6 Å². The first-order valence-electron chi connectivity index (χ1n) is 27.6. The number of carbonyl (C=O) groups is 3. The Balaban J connectivity index is 4.39. The molecule has 0 amide bonds. The molecule has 0 aliphatic rings. The summed E-state index contributed by atoms with van der Waals surface area (Å²) in [7, 11) is 0. The van der Waals surface area contributed by atoms with Crippen LogP contribution in [0, 0.1) is 0 Å². The second kappa shape index (κ2) is 53.0. The van der Waals surface area contributed by atoms with Crippen molar-refractivity contribution >= 4 is 17.9 Å². The van der Waals surface area contributed by atoms with Crippen molar-refractivity contribution in [3.8, 4) is 0 Å². The van der Waals surface area contributed by atoms with Gasteiger partial charge in [-0.25, -0.2) is 0 Å². The Morgan fingerprint density at radius 1 is 0.312 bits per heavy atom. The van der Waals surface area contributed by atoms with Crippen LogP contribution in [0.4, 0.5) is 0 Å². The van der Waals surface area contributed by atoms with Crippen LogP contribution in [0.25, 0.3) is 0 Å². The van der Waals surface area contributed by atoms with Gasteiger partial charge in [0.05, 0.1) is 0 Å². The fourth-order valence-electron chi connectivity index (χ4n) is 7.85. The highest BCUT2D eigenvalue weighted by molar-refractivity contribution is 5.71. The van der Waals surface area contributed by atoms with Gasteiger partial charge in [0, 0.05) is 19.3 Å². The number of unbranched alkanes of at least 4 members (excludes halogenated alkanes) is 31. The van der Waals surface area contributed by atoms with E-state index < -0.39 is 6.10 Å². The summed E-state index contributed by atoms with van der Waals surface area (Å²) in [4.78, 5) is 38.0. The molecule has 0 heterocycles. The molecule has 0 fully saturated rings. The summed E-state index contributed by atoms with van der Waals surface area (Å²) in [6, 6.07) is 0. The third-order valence-corrected chi connectivity index (χ3v) is 12.1. The molecule has 372 valence electrons. The lowest BCUT2D eigenvalue weighted by Gasteiger charge is -2.18. The molecule has 0 aromatic heterocycles.